The molecule has 0 saturated carbocycles. The van der Waals surface area contributed by atoms with E-state index in [0.717, 1.165) is 24.4 Å². The van der Waals surface area contributed by atoms with Gasteiger partial charge in [-0.15, -0.1) is 0 Å². The number of ether oxygens (including phenoxy) is 1. The van der Waals surface area contributed by atoms with Gasteiger partial charge in [-0.2, -0.15) is 0 Å². The second-order valence-electron chi connectivity index (χ2n) is 5.36. The molecule has 5 nitrogen and oxygen atoms in total. The molecule has 1 aromatic rings. The summed E-state index contributed by atoms with van der Waals surface area (Å²) in [6.45, 7) is 5.95. The molecule has 0 bridgehead atoms. The van der Waals surface area contributed by atoms with Crippen LogP contribution in [0, 0.1) is 0 Å². The van der Waals surface area contributed by atoms with E-state index in [1.165, 1.54) is 19.4 Å². The predicted octanol–water partition coefficient (Wildman–Crippen LogP) is 1.58. The summed E-state index contributed by atoms with van der Waals surface area (Å²) in [7, 11) is 1.67. The van der Waals surface area contributed by atoms with Crippen LogP contribution in [-0.4, -0.2) is 43.6 Å². The summed E-state index contributed by atoms with van der Waals surface area (Å²) >= 11 is 0. The van der Waals surface area contributed by atoms with Crippen molar-refractivity contribution in [1.82, 2.24) is 10.2 Å². The van der Waals surface area contributed by atoms with E-state index in [0.29, 0.717) is 18.5 Å². The Morgan fingerprint density at radius 2 is 2.38 bits per heavy atom. The Bertz CT molecular complexity index is 475. The van der Waals surface area contributed by atoms with Gasteiger partial charge in [-0.3, -0.25) is 4.90 Å². The molecule has 5 heteroatoms. The largest absolute Gasteiger partial charge is 0.497 e. The van der Waals surface area contributed by atoms with E-state index in [4.69, 9.17) is 10.5 Å². The van der Waals surface area contributed by atoms with E-state index >= 15 is 0 Å². The van der Waals surface area contributed by atoms with Gasteiger partial charge in [-0.05, 0) is 43.6 Å². The van der Waals surface area contributed by atoms with Crippen molar-refractivity contribution in [2.24, 2.45) is 10.7 Å². The number of benzene rings is 1. The molecule has 1 aromatic carbocycles. The standard InChI is InChI=1S/C16H26N4O/c1-3-20-9-5-7-14(20)12-19-16(17)18-11-13-6-4-8-15(10-13)21-2/h4,6,8,10,14H,3,5,7,9,11-12H2,1-2H3,(H3,17,18,19). The van der Waals surface area contributed by atoms with Gasteiger partial charge in [-0.1, -0.05) is 19.1 Å². The van der Waals surface area contributed by atoms with Crippen molar-refractivity contribution >= 4 is 5.96 Å². The van der Waals surface area contributed by atoms with Crippen LogP contribution in [0.25, 0.3) is 0 Å². The smallest absolute Gasteiger partial charge is 0.188 e. The van der Waals surface area contributed by atoms with Crippen molar-refractivity contribution in [1.29, 1.82) is 0 Å². The Morgan fingerprint density at radius 1 is 1.52 bits per heavy atom. The molecule has 21 heavy (non-hydrogen) atoms. The van der Waals surface area contributed by atoms with Gasteiger partial charge >= 0.3 is 0 Å². The minimum absolute atomic E-state index is 0.515. The molecular formula is C16H26N4O. The highest BCUT2D eigenvalue weighted by Gasteiger charge is 2.22. The van der Waals surface area contributed by atoms with Gasteiger partial charge in [0.25, 0.3) is 0 Å². The predicted molar refractivity (Wildman–Crippen MR) is 86.6 cm³/mol. The topological polar surface area (TPSA) is 62.9 Å². The molecule has 1 fully saturated rings. The van der Waals surface area contributed by atoms with Crippen LogP contribution in [0.4, 0.5) is 0 Å². The summed E-state index contributed by atoms with van der Waals surface area (Å²) in [6.07, 6.45) is 2.52. The Hall–Kier alpha value is -1.75. The summed E-state index contributed by atoms with van der Waals surface area (Å²) in [5, 5.41) is 3.24. The number of nitrogens with zero attached hydrogens (tertiary/aromatic N) is 2. The van der Waals surface area contributed by atoms with Crippen LogP contribution in [0.1, 0.15) is 25.3 Å². The lowest BCUT2D eigenvalue weighted by molar-refractivity contribution is 0.267. The fourth-order valence-corrected chi connectivity index (χ4v) is 2.77. The van der Waals surface area contributed by atoms with Crippen molar-refractivity contribution in [3.63, 3.8) is 0 Å². The lowest BCUT2D eigenvalue weighted by Gasteiger charge is -2.23. The third kappa shape index (κ3) is 4.63. The van der Waals surface area contributed by atoms with Gasteiger partial charge in [0.15, 0.2) is 5.96 Å². The number of likely N-dealkylation sites (N-methyl/N-ethyl adjacent to an activating group) is 1. The van der Waals surface area contributed by atoms with Gasteiger partial charge < -0.3 is 15.8 Å². The summed E-state index contributed by atoms with van der Waals surface area (Å²) in [5.74, 6) is 1.36. The molecule has 1 heterocycles. The minimum atomic E-state index is 0.515. The van der Waals surface area contributed by atoms with Crippen molar-refractivity contribution in [2.75, 3.05) is 26.7 Å². The molecule has 1 atom stereocenters. The third-order valence-corrected chi connectivity index (χ3v) is 3.99. The number of nitrogens with one attached hydrogen (secondary N) is 1. The van der Waals surface area contributed by atoms with E-state index in [1.54, 1.807) is 7.11 Å². The molecule has 2 rings (SSSR count). The molecule has 0 aliphatic carbocycles. The first-order chi connectivity index (χ1) is 10.2. The van der Waals surface area contributed by atoms with Gasteiger partial charge in [0.05, 0.1) is 13.7 Å². The fraction of sp³-hybridized carbons (Fsp3) is 0.562. The van der Waals surface area contributed by atoms with E-state index < -0.39 is 0 Å². The van der Waals surface area contributed by atoms with Crippen molar-refractivity contribution in [2.45, 2.75) is 32.4 Å². The Labute approximate surface area is 127 Å². The second-order valence-corrected chi connectivity index (χ2v) is 5.36. The first-order valence-corrected chi connectivity index (χ1v) is 7.63. The summed E-state index contributed by atoms with van der Waals surface area (Å²) in [6, 6.07) is 8.47. The molecule has 0 spiro atoms. The van der Waals surface area contributed by atoms with E-state index in [-0.39, 0.29) is 0 Å². The lowest BCUT2D eigenvalue weighted by Crippen LogP contribution is -2.42. The molecule has 1 unspecified atom stereocenters. The van der Waals surface area contributed by atoms with Gasteiger partial charge in [-0.25, -0.2) is 4.99 Å². The summed E-state index contributed by atoms with van der Waals surface area (Å²) in [5.41, 5.74) is 7.04. The van der Waals surface area contributed by atoms with E-state index in [1.807, 2.05) is 24.3 Å². The van der Waals surface area contributed by atoms with Gasteiger partial charge in [0, 0.05) is 12.6 Å². The second kappa shape index (κ2) is 7.88. The van der Waals surface area contributed by atoms with Crippen LogP contribution in [0.2, 0.25) is 0 Å². The molecule has 0 aromatic heterocycles. The number of aliphatic imine (C=N–C) groups is 1. The Balaban J connectivity index is 1.81. The highest BCUT2D eigenvalue weighted by Crippen LogP contribution is 2.15. The average Bonchev–Trinajstić information content (AvgIpc) is 2.98. The normalized spacial score (nSPS) is 19.7. The maximum absolute atomic E-state index is 5.95. The Morgan fingerprint density at radius 3 is 3.14 bits per heavy atom. The van der Waals surface area contributed by atoms with Gasteiger partial charge in [0.1, 0.15) is 5.75 Å². The first-order valence-electron chi connectivity index (χ1n) is 7.63. The maximum Gasteiger partial charge on any atom is 0.188 e. The monoisotopic (exact) mass is 290 g/mol. The van der Waals surface area contributed by atoms with E-state index in [9.17, 15) is 0 Å². The number of hydrogen-bond acceptors (Lipinski definition) is 3. The molecule has 116 valence electrons. The van der Waals surface area contributed by atoms with Crippen LogP contribution in [-0.2, 0) is 6.54 Å². The average molecular weight is 290 g/mol. The zero-order chi connectivity index (χ0) is 15.1. The zero-order valence-electron chi connectivity index (χ0n) is 13.0. The van der Waals surface area contributed by atoms with Crippen molar-refractivity contribution in [3.05, 3.63) is 29.8 Å². The first kappa shape index (κ1) is 15.6. The minimum Gasteiger partial charge on any atom is -0.497 e. The molecule has 3 N–H and O–H groups in total. The number of likely N-dealkylation sites (tertiary alicyclic amines) is 1. The van der Waals surface area contributed by atoms with Crippen LogP contribution in [0.15, 0.2) is 29.3 Å². The SMILES string of the molecule is CCN1CCCC1CNC(N)=NCc1cccc(OC)c1. The quantitative estimate of drug-likeness (QED) is 0.617. The fourth-order valence-electron chi connectivity index (χ4n) is 2.77. The lowest BCUT2D eigenvalue weighted by atomic mass is 10.2. The molecule has 1 saturated heterocycles. The summed E-state index contributed by atoms with van der Waals surface area (Å²) in [4.78, 5) is 6.88. The molecule has 1 aliphatic rings. The Kier molecular flexibility index (Phi) is 5.87. The third-order valence-electron chi connectivity index (χ3n) is 3.99. The number of guanidine groups is 1. The van der Waals surface area contributed by atoms with Crippen molar-refractivity contribution < 1.29 is 4.74 Å². The molecule has 0 amide bonds. The van der Waals surface area contributed by atoms with Gasteiger partial charge in [0.2, 0.25) is 0 Å². The number of rotatable bonds is 6. The molecular weight excluding hydrogens is 264 g/mol. The zero-order valence-corrected chi connectivity index (χ0v) is 13.0. The highest BCUT2D eigenvalue weighted by molar-refractivity contribution is 5.77. The number of hydrogen-bond donors (Lipinski definition) is 2. The summed E-state index contributed by atoms with van der Waals surface area (Å²) < 4.78 is 5.20. The van der Waals surface area contributed by atoms with Crippen LogP contribution in [0.5, 0.6) is 5.75 Å². The molecule has 0 radical (unpaired) electrons. The molecule has 1 aliphatic heterocycles. The van der Waals surface area contributed by atoms with Crippen molar-refractivity contribution in [3.8, 4) is 5.75 Å². The van der Waals surface area contributed by atoms with E-state index in [2.05, 4.69) is 22.1 Å². The van der Waals surface area contributed by atoms with Crippen LogP contribution in [0.3, 0.4) is 0 Å². The maximum atomic E-state index is 5.95. The highest BCUT2D eigenvalue weighted by atomic mass is 16.5. The number of methoxy groups -OCH3 is 1. The van der Waals surface area contributed by atoms with Crippen LogP contribution >= 0.6 is 0 Å². The number of nitrogens with two attached hydrogens (primary N) is 1. The van der Waals surface area contributed by atoms with Crippen LogP contribution < -0.4 is 15.8 Å².